The van der Waals surface area contributed by atoms with Gasteiger partial charge in [0.1, 0.15) is 77.8 Å². The largest absolute Gasteiger partial charge is 0.447 e. The molecule has 8 rings (SSSR count). The summed E-state index contributed by atoms with van der Waals surface area (Å²) in [6.07, 6.45) is -1.16. The second-order valence-electron chi connectivity index (χ2n) is 37.5. The predicted octanol–water partition coefficient (Wildman–Crippen LogP) is 11.8. The molecule has 30 nitrogen and oxygen atoms in total. The number of hydrogen-bond donors (Lipinski definition) is 7. The Kier molecular flexibility index (Phi) is 43.6. The van der Waals surface area contributed by atoms with Gasteiger partial charge in [-0.2, -0.15) is 0 Å². The molecule has 32 heteroatoms. The Morgan fingerprint density at radius 2 is 0.871 bits per heavy atom. The molecule has 1 aliphatic heterocycles. The molecule has 0 radical (unpaired) electrons. The first-order chi connectivity index (χ1) is 66.1. The molecule has 1 unspecified atom stereocenters. The molecule has 1 aliphatic rings. The van der Waals surface area contributed by atoms with Crippen LogP contribution in [0.3, 0.4) is 0 Å². The van der Waals surface area contributed by atoms with Crippen LogP contribution in [-0.4, -0.2) is 252 Å². The highest BCUT2D eigenvalue weighted by Crippen LogP contribution is 2.43. The van der Waals surface area contributed by atoms with E-state index in [4.69, 9.17) is 14.2 Å². The molecule has 7 aromatic rings. The molecular weight excluding hydrogens is 1800 g/mol. The molecule has 750 valence electrons. The molecule has 0 aliphatic carbocycles. The molecule has 0 saturated carbocycles. The monoisotopic (exact) mass is 1950 g/mol. The smallest absolute Gasteiger partial charge is 0.408 e. The second kappa shape index (κ2) is 54.2. The summed E-state index contributed by atoms with van der Waals surface area (Å²) in [7, 11) is 9.93. The maximum atomic E-state index is 16.5. The van der Waals surface area contributed by atoms with Gasteiger partial charge < -0.3 is 80.8 Å². The molecule has 1 saturated heterocycles. The number of alkyl carbamates (subject to hydrolysis) is 1. The van der Waals surface area contributed by atoms with Gasteiger partial charge in [0.2, 0.25) is 70.9 Å². The lowest BCUT2D eigenvalue weighted by Gasteiger charge is -2.41. The number of para-hydroxylation sites is 1. The van der Waals surface area contributed by atoms with Gasteiger partial charge in [-0.1, -0.05) is 278 Å². The van der Waals surface area contributed by atoms with Crippen LogP contribution in [0.5, 0.6) is 5.75 Å². The Balaban J connectivity index is 1.11. The summed E-state index contributed by atoms with van der Waals surface area (Å²) < 4.78 is 18.9. The van der Waals surface area contributed by atoms with Gasteiger partial charge >= 0.3 is 12.1 Å². The molecule has 1 heterocycles. The second-order valence-corrected chi connectivity index (χ2v) is 40.2. The lowest BCUT2D eigenvalue weighted by atomic mass is 9.79. The molecule has 12 atom stereocenters. The number of amides is 13. The zero-order valence-corrected chi connectivity index (χ0v) is 85.6. The lowest BCUT2D eigenvalue weighted by Crippen LogP contribution is -2.63. The van der Waals surface area contributed by atoms with Crippen molar-refractivity contribution in [3.8, 4) is 5.75 Å². The van der Waals surface area contributed by atoms with E-state index >= 15 is 43.2 Å². The summed E-state index contributed by atoms with van der Waals surface area (Å²) in [5, 5.41) is 19.7. The van der Waals surface area contributed by atoms with Crippen LogP contribution < -0.4 is 42.0 Å². The number of nitrogens with one attached hydrogen (secondary N) is 7. The summed E-state index contributed by atoms with van der Waals surface area (Å²) in [6, 6.07) is 44.7. The van der Waals surface area contributed by atoms with Crippen molar-refractivity contribution in [1.82, 2.24) is 66.6 Å². The van der Waals surface area contributed by atoms with E-state index in [0.29, 0.717) is 56.9 Å². The van der Waals surface area contributed by atoms with Gasteiger partial charge in [0.15, 0.2) is 0 Å². The zero-order chi connectivity index (χ0) is 102. The van der Waals surface area contributed by atoms with Crippen molar-refractivity contribution in [3.63, 3.8) is 0 Å². The van der Waals surface area contributed by atoms with Gasteiger partial charge in [0, 0.05) is 73.3 Å². The third-order valence-corrected chi connectivity index (χ3v) is 27.2. The summed E-state index contributed by atoms with van der Waals surface area (Å²) in [5.41, 5.74) is 2.85. The van der Waals surface area contributed by atoms with Crippen LogP contribution in [-0.2, 0) is 96.7 Å². The van der Waals surface area contributed by atoms with E-state index in [9.17, 15) is 24.0 Å². The van der Waals surface area contributed by atoms with Crippen molar-refractivity contribution < 1.29 is 81.3 Å². The number of carbonyl (C=O) groups is 14. The maximum absolute atomic E-state index is 16.5. The van der Waals surface area contributed by atoms with Crippen LogP contribution >= 0.6 is 21.6 Å². The molecule has 0 aromatic heterocycles. The van der Waals surface area contributed by atoms with Crippen LogP contribution in [0.25, 0.3) is 0 Å². The number of esters is 1. The van der Waals surface area contributed by atoms with Gasteiger partial charge in [-0.25, -0.2) is 4.79 Å². The van der Waals surface area contributed by atoms with Crippen molar-refractivity contribution in [3.05, 3.63) is 239 Å². The first-order valence-corrected chi connectivity index (χ1v) is 50.3. The molecule has 139 heavy (non-hydrogen) atoms. The van der Waals surface area contributed by atoms with Crippen LogP contribution in [0.4, 0.5) is 4.79 Å². The standard InChI is InChI=1S/C107H143N13O17S2/c1-21-138-139-88-57-43-44-72(12)94(88)136-90(122)65-83(102(130)116(17)86(64-78-49-33-24-34-50-78)98(126)109-74(14)101(129)120-58-41-28-42-59-120)112-96(124)82(62-76-45-29-22-30-46-76)111-100(128)93(70(8)9)119(20)103(131)87(61-68(4)5)115(16)89(121)66-108-97(125)85(63-77-47-31-23-32-48-77)118(19)105(133)92(75(15)137-107(79-51-35-25-36-52-79,80-53-37-26-38-54-80)81-55-39-27-40-56-81)114-99(127)84(60-67(2)3)117(18)104(132)91(69(6)7)113-95(123)73(13)110-106(134)135-71(10)11/h22-27,29-40,43-57,67-71,73-75,82-87,91-93H,21,28,41-42,58-66H2,1-20H3,(H,108,125)(H,109,126)(H,110,134)(H,111,128)(H,112,124)(H,113,123)(H,114,127)/t73-,74-,75+,82-,83-,84-,85-,86?,87-,91-,92-,93-/m0/s1. The van der Waals surface area contributed by atoms with E-state index in [1.54, 1.807) is 170 Å². The first kappa shape index (κ1) is 112. The third kappa shape index (κ3) is 31.8. The topological polar surface area (TPSA) is 370 Å². The third-order valence-electron chi connectivity index (χ3n) is 24.7. The van der Waals surface area contributed by atoms with Crippen molar-refractivity contribution >= 4 is 105 Å². The van der Waals surface area contributed by atoms with Crippen molar-refractivity contribution in [2.24, 2.45) is 23.7 Å². The highest BCUT2D eigenvalue weighted by molar-refractivity contribution is 8.76. The van der Waals surface area contributed by atoms with E-state index in [1.165, 1.54) is 83.3 Å². The Labute approximate surface area is 827 Å². The number of nitrogens with zero attached hydrogens (tertiary/aromatic N) is 6. The van der Waals surface area contributed by atoms with E-state index in [-0.39, 0.29) is 55.6 Å². The highest BCUT2D eigenvalue weighted by atomic mass is 33.1. The number of ether oxygens (including phenoxy) is 3. The van der Waals surface area contributed by atoms with E-state index in [1.807, 2.05) is 132 Å². The van der Waals surface area contributed by atoms with E-state index < -0.39 is 186 Å². The van der Waals surface area contributed by atoms with Crippen molar-refractivity contribution in [2.75, 3.05) is 60.6 Å². The number of aryl methyl sites for hydroxylation is 1. The van der Waals surface area contributed by atoms with E-state index in [0.717, 1.165) is 29.9 Å². The number of hydrogen-bond acceptors (Lipinski definition) is 19. The van der Waals surface area contributed by atoms with Gasteiger partial charge in [-0.15, -0.1) is 0 Å². The number of carbonyl (C=O) groups excluding carboxylic acids is 14. The molecule has 0 spiro atoms. The van der Waals surface area contributed by atoms with Crippen molar-refractivity contribution in [2.45, 2.75) is 251 Å². The normalized spacial score (nSPS) is 14.7. The van der Waals surface area contributed by atoms with Gasteiger partial charge in [-0.3, -0.25) is 62.3 Å². The minimum absolute atomic E-state index is 0.0374. The minimum Gasteiger partial charge on any atom is -0.447 e. The molecule has 7 aromatic carbocycles. The van der Waals surface area contributed by atoms with Crippen LogP contribution in [0.2, 0.25) is 0 Å². The summed E-state index contributed by atoms with van der Waals surface area (Å²) in [5.74, 6) is -10.6. The molecule has 7 N–H and O–H groups in total. The average molecular weight is 1950 g/mol. The number of benzene rings is 7. The molecule has 0 bridgehead atoms. The number of rotatable bonds is 49. The maximum Gasteiger partial charge on any atom is 0.408 e. The number of piperidine rings is 1. The fraction of sp³-hybridized carbons (Fsp3) is 0.477. The molecule has 1 fully saturated rings. The molecule has 13 amide bonds. The van der Waals surface area contributed by atoms with Gasteiger partial charge in [-0.05, 0) is 142 Å². The summed E-state index contributed by atoms with van der Waals surface area (Å²) in [6.45, 7) is 26.3. The fourth-order valence-corrected chi connectivity index (χ4v) is 18.8. The zero-order valence-electron chi connectivity index (χ0n) is 84.0. The van der Waals surface area contributed by atoms with Gasteiger partial charge in [0.25, 0.3) is 0 Å². The van der Waals surface area contributed by atoms with E-state index in [2.05, 4.69) is 37.2 Å². The first-order valence-electron chi connectivity index (χ1n) is 48.0. The highest BCUT2D eigenvalue weighted by Gasteiger charge is 2.47. The number of likely N-dealkylation sites (N-methyl/N-ethyl adjacent to an activating group) is 5. The van der Waals surface area contributed by atoms with Gasteiger partial charge in [0.05, 0.1) is 30.1 Å². The Hall–Kier alpha value is -12.4. The Bertz CT molecular complexity index is 5140. The quantitative estimate of drug-likeness (QED) is 0.00806. The lowest BCUT2D eigenvalue weighted by molar-refractivity contribution is -0.151. The minimum atomic E-state index is -1.77. The Morgan fingerprint density at radius 3 is 1.36 bits per heavy atom. The van der Waals surface area contributed by atoms with Crippen LogP contribution in [0, 0.1) is 30.6 Å². The van der Waals surface area contributed by atoms with Crippen LogP contribution in [0.15, 0.2) is 205 Å². The van der Waals surface area contributed by atoms with Crippen molar-refractivity contribution in [1.29, 1.82) is 0 Å². The Morgan fingerprint density at radius 1 is 0.417 bits per heavy atom. The van der Waals surface area contributed by atoms with Crippen LogP contribution in [0.1, 0.15) is 174 Å². The average Bonchev–Trinajstić information content (AvgIpc) is 0.747. The summed E-state index contributed by atoms with van der Waals surface area (Å²) in [4.78, 5) is 219. The molecular formula is C107H143N13O17S2. The predicted molar refractivity (Wildman–Crippen MR) is 540 cm³/mol. The summed E-state index contributed by atoms with van der Waals surface area (Å²) >= 11 is 0. The number of likely N-dealkylation sites (tertiary alicyclic amines) is 1. The SMILES string of the molecule is CCSSc1cccc(C)c1OC(=O)C[C@H](NC(=O)[C@H](Cc1ccccc1)NC(=O)[C@H](C(C)C)N(C)C(=O)[C@H](CC(C)C)N(C)C(=O)CNC(=O)[C@H](Cc1ccccc1)N(C)C(=O)[C@@H](NC(=O)[C@H](CC(C)C)N(C)C(=O)[C@@H](NC(=O)[C@H](C)NC(=O)OC(C)C)C(C)C)[C@@H](C)OC(c1ccccc1)(c1ccccc1)c1ccccc1)C(=O)N(C)C(Cc1ccccc1)C(=O)N[C@@H](C)C(=O)N1CCCCC1. The fourth-order valence-electron chi connectivity index (χ4n) is 17.1.